The summed E-state index contributed by atoms with van der Waals surface area (Å²) in [7, 11) is 0. The maximum absolute atomic E-state index is 11.0. The first kappa shape index (κ1) is 11.8. The predicted molar refractivity (Wildman–Crippen MR) is 54.5 cm³/mol. The van der Waals surface area contributed by atoms with E-state index in [9.17, 15) is 9.59 Å². The highest BCUT2D eigenvalue weighted by atomic mass is 16.4. The van der Waals surface area contributed by atoms with Gasteiger partial charge in [0.25, 0.3) is 0 Å². The van der Waals surface area contributed by atoms with E-state index in [0.29, 0.717) is 0 Å². The van der Waals surface area contributed by atoms with Crippen LogP contribution in [-0.2, 0) is 9.59 Å². The Balaban J connectivity index is 3.09. The molecule has 0 bridgehead atoms. The van der Waals surface area contributed by atoms with Crippen molar-refractivity contribution in [3.05, 3.63) is 11.6 Å². The van der Waals surface area contributed by atoms with Crippen molar-refractivity contribution < 1.29 is 19.8 Å². The van der Waals surface area contributed by atoms with Gasteiger partial charge in [-0.05, 0) is 18.8 Å². The molecule has 4 heteroatoms. The molecule has 1 rings (SSSR count). The van der Waals surface area contributed by atoms with Gasteiger partial charge in [0.05, 0.1) is 5.57 Å². The normalized spacial score (nSPS) is 31.6. The summed E-state index contributed by atoms with van der Waals surface area (Å²) in [6, 6.07) is 0. The highest BCUT2D eigenvalue weighted by Gasteiger charge is 2.42. The van der Waals surface area contributed by atoms with E-state index in [-0.39, 0.29) is 11.5 Å². The molecule has 1 fully saturated rings. The molecule has 1 aliphatic rings. The lowest BCUT2D eigenvalue weighted by molar-refractivity contribution is -0.136. The molecule has 0 saturated heterocycles. The van der Waals surface area contributed by atoms with E-state index in [1.807, 2.05) is 13.8 Å². The second-order valence-electron chi connectivity index (χ2n) is 4.41. The van der Waals surface area contributed by atoms with E-state index in [2.05, 4.69) is 0 Å². The molecule has 15 heavy (non-hydrogen) atoms. The zero-order valence-electron chi connectivity index (χ0n) is 8.99. The smallest absolute Gasteiger partial charge is 0.332 e. The molecule has 0 radical (unpaired) electrons. The molecule has 0 aromatic heterocycles. The number of hydrogen-bond acceptors (Lipinski definition) is 2. The third-order valence-electron chi connectivity index (χ3n) is 3.53. The summed E-state index contributed by atoms with van der Waals surface area (Å²) in [6.07, 6.45) is 3.51. The highest BCUT2D eigenvalue weighted by Crippen LogP contribution is 2.48. The molecule has 2 N–H and O–H groups in total. The summed E-state index contributed by atoms with van der Waals surface area (Å²) in [5.41, 5.74) is -0.468. The van der Waals surface area contributed by atoms with Crippen LogP contribution in [0.15, 0.2) is 11.6 Å². The minimum Gasteiger partial charge on any atom is -0.478 e. The van der Waals surface area contributed by atoms with Crippen molar-refractivity contribution in [1.82, 2.24) is 0 Å². The standard InChI is InChI=1S/C11H16O4/c1-7-4-3-5-11(7,2)8(10(14)15)6-9(12)13/h6-7H,3-5H2,1-2H3,(H,12,13)(H,14,15)/b8-6-. The Bertz CT molecular complexity index is 319. The van der Waals surface area contributed by atoms with Gasteiger partial charge in [0.15, 0.2) is 0 Å². The van der Waals surface area contributed by atoms with Crippen LogP contribution >= 0.6 is 0 Å². The van der Waals surface area contributed by atoms with E-state index >= 15 is 0 Å². The van der Waals surface area contributed by atoms with Crippen LogP contribution < -0.4 is 0 Å². The zero-order chi connectivity index (χ0) is 11.6. The monoisotopic (exact) mass is 212 g/mol. The first-order chi connectivity index (χ1) is 6.88. The minimum atomic E-state index is -1.19. The van der Waals surface area contributed by atoms with E-state index in [1.54, 1.807) is 0 Å². The number of hydrogen-bond donors (Lipinski definition) is 2. The lowest BCUT2D eigenvalue weighted by Crippen LogP contribution is -2.28. The van der Waals surface area contributed by atoms with E-state index in [0.717, 1.165) is 25.3 Å². The quantitative estimate of drug-likeness (QED) is 0.701. The number of carboxylic acid groups (broad SMARTS) is 2. The Morgan fingerprint density at radius 1 is 1.40 bits per heavy atom. The Hall–Kier alpha value is -1.32. The van der Waals surface area contributed by atoms with Gasteiger partial charge in [0.2, 0.25) is 0 Å². The summed E-state index contributed by atoms with van der Waals surface area (Å²) in [5.74, 6) is -2.08. The van der Waals surface area contributed by atoms with E-state index < -0.39 is 17.4 Å². The first-order valence-electron chi connectivity index (χ1n) is 5.06. The summed E-state index contributed by atoms with van der Waals surface area (Å²) in [5, 5.41) is 17.7. The largest absolute Gasteiger partial charge is 0.478 e. The Morgan fingerprint density at radius 2 is 2.00 bits per heavy atom. The van der Waals surface area contributed by atoms with Crippen molar-refractivity contribution >= 4 is 11.9 Å². The van der Waals surface area contributed by atoms with Gasteiger partial charge in [0, 0.05) is 11.5 Å². The molecule has 0 aliphatic heterocycles. The lowest BCUT2D eigenvalue weighted by Gasteiger charge is -2.29. The third-order valence-corrected chi connectivity index (χ3v) is 3.53. The SMILES string of the molecule is CC1CCCC1(C)/C(=C\C(=O)O)C(=O)O. The molecule has 1 saturated carbocycles. The molecule has 0 heterocycles. The van der Waals surface area contributed by atoms with Gasteiger partial charge in [-0.2, -0.15) is 0 Å². The molecule has 0 aromatic carbocycles. The van der Waals surface area contributed by atoms with Crippen LogP contribution in [0, 0.1) is 11.3 Å². The van der Waals surface area contributed by atoms with Crippen molar-refractivity contribution in [2.45, 2.75) is 33.1 Å². The lowest BCUT2D eigenvalue weighted by atomic mass is 9.74. The number of rotatable bonds is 3. The predicted octanol–water partition coefficient (Wildman–Crippen LogP) is 1.91. The summed E-state index contributed by atoms with van der Waals surface area (Å²) in [6.45, 7) is 3.82. The second kappa shape index (κ2) is 4.04. The van der Waals surface area contributed by atoms with Crippen LogP contribution in [0.25, 0.3) is 0 Å². The van der Waals surface area contributed by atoms with Crippen molar-refractivity contribution in [3.63, 3.8) is 0 Å². The number of carbonyl (C=O) groups is 2. The molecule has 84 valence electrons. The highest BCUT2D eigenvalue weighted by molar-refractivity contribution is 5.95. The van der Waals surface area contributed by atoms with Gasteiger partial charge in [0.1, 0.15) is 0 Å². The molecular formula is C11H16O4. The van der Waals surface area contributed by atoms with E-state index in [1.165, 1.54) is 0 Å². The fourth-order valence-electron chi connectivity index (χ4n) is 2.33. The van der Waals surface area contributed by atoms with Crippen LogP contribution in [0.1, 0.15) is 33.1 Å². The topological polar surface area (TPSA) is 74.6 Å². The Kier molecular flexibility index (Phi) is 3.17. The molecule has 2 atom stereocenters. The summed E-state index contributed by atoms with van der Waals surface area (Å²) in [4.78, 5) is 21.6. The van der Waals surface area contributed by atoms with Crippen molar-refractivity contribution in [1.29, 1.82) is 0 Å². The maximum atomic E-state index is 11.0. The van der Waals surface area contributed by atoms with Crippen LogP contribution in [0.2, 0.25) is 0 Å². The Labute approximate surface area is 88.6 Å². The molecule has 0 aromatic rings. The van der Waals surface area contributed by atoms with Gasteiger partial charge >= 0.3 is 11.9 Å². The van der Waals surface area contributed by atoms with Crippen LogP contribution in [0.4, 0.5) is 0 Å². The van der Waals surface area contributed by atoms with Gasteiger partial charge in [-0.1, -0.05) is 20.3 Å². The molecule has 4 nitrogen and oxygen atoms in total. The molecule has 0 amide bonds. The average Bonchev–Trinajstić information content (AvgIpc) is 2.43. The summed E-state index contributed by atoms with van der Waals surface area (Å²) < 4.78 is 0. The van der Waals surface area contributed by atoms with Gasteiger partial charge in [-0.25, -0.2) is 9.59 Å². The zero-order valence-corrected chi connectivity index (χ0v) is 8.99. The molecular weight excluding hydrogens is 196 g/mol. The number of aliphatic carboxylic acids is 2. The van der Waals surface area contributed by atoms with E-state index in [4.69, 9.17) is 10.2 Å². The molecule has 0 spiro atoms. The van der Waals surface area contributed by atoms with Gasteiger partial charge in [-0.3, -0.25) is 0 Å². The maximum Gasteiger partial charge on any atom is 0.332 e. The van der Waals surface area contributed by atoms with Crippen LogP contribution in [0.5, 0.6) is 0 Å². The second-order valence-corrected chi connectivity index (χ2v) is 4.41. The fourth-order valence-corrected chi connectivity index (χ4v) is 2.33. The Morgan fingerprint density at radius 3 is 2.33 bits per heavy atom. The van der Waals surface area contributed by atoms with Crippen LogP contribution in [0.3, 0.4) is 0 Å². The molecule has 1 aliphatic carbocycles. The van der Waals surface area contributed by atoms with Crippen molar-refractivity contribution in [3.8, 4) is 0 Å². The van der Waals surface area contributed by atoms with Crippen LogP contribution in [-0.4, -0.2) is 22.2 Å². The average molecular weight is 212 g/mol. The number of carboxylic acids is 2. The third kappa shape index (κ3) is 2.19. The van der Waals surface area contributed by atoms with Crippen molar-refractivity contribution in [2.24, 2.45) is 11.3 Å². The van der Waals surface area contributed by atoms with Gasteiger partial charge in [-0.15, -0.1) is 0 Å². The van der Waals surface area contributed by atoms with Crippen molar-refractivity contribution in [2.75, 3.05) is 0 Å². The molecule has 2 unspecified atom stereocenters. The summed E-state index contributed by atoms with van der Waals surface area (Å²) >= 11 is 0. The van der Waals surface area contributed by atoms with Gasteiger partial charge < -0.3 is 10.2 Å². The minimum absolute atomic E-state index is 0.0278. The fraction of sp³-hybridized carbons (Fsp3) is 0.636. The first-order valence-corrected chi connectivity index (χ1v) is 5.06.